The van der Waals surface area contributed by atoms with Crippen LogP contribution in [0.5, 0.6) is 5.75 Å². The first kappa shape index (κ1) is 12.7. The molecular formula is C12H10N2O5. The van der Waals surface area contributed by atoms with Crippen LogP contribution in [-0.2, 0) is 0 Å². The normalized spacial score (nSPS) is 16.5. The molecule has 2 rings (SSSR count). The van der Waals surface area contributed by atoms with Gasteiger partial charge in [-0.1, -0.05) is 18.2 Å². The van der Waals surface area contributed by atoms with E-state index in [-0.39, 0.29) is 6.42 Å². The highest BCUT2D eigenvalue weighted by Gasteiger charge is 2.53. The summed E-state index contributed by atoms with van der Waals surface area (Å²) in [6.45, 7) is 0. The molecule has 0 atom stereocenters. The highest BCUT2D eigenvalue weighted by molar-refractivity contribution is 5.29. The van der Waals surface area contributed by atoms with Gasteiger partial charge in [0.2, 0.25) is 0 Å². The molecule has 1 aromatic carbocycles. The monoisotopic (exact) mass is 262 g/mol. The first-order valence-electron chi connectivity index (χ1n) is 5.46. The largest absolute Gasteiger partial charge is 0.481 e. The van der Waals surface area contributed by atoms with Gasteiger partial charge in [0, 0.05) is 0 Å². The van der Waals surface area contributed by atoms with E-state index in [9.17, 15) is 20.2 Å². The van der Waals surface area contributed by atoms with Crippen LogP contribution in [0.2, 0.25) is 0 Å². The summed E-state index contributed by atoms with van der Waals surface area (Å²) in [6.07, 6.45) is 3.21. The Balaban J connectivity index is 2.15. The van der Waals surface area contributed by atoms with E-state index in [0.29, 0.717) is 11.5 Å². The van der Waals surface area contributed by atoms with E-state index in [2.05, 4.69) is 0 Å². The van der Waals surface area contributed by atoms with Gasteiger partial charge in [-0.3, -0.25) is 20.2 Å². The maximum absolute atomic E-state index is 10.8. The Morgan fingerprint density at radius 2 is 1.74 bits per heavy atom. The lowest BCUT2D eigenvalue weighted by atomic mass is 10.0. The topological polar surface area (TPSA) is 95.5 Å². The summed E-state index contributed by atoms with van der Waals surface area (Å²) in [5.41, 5.74) is -2.29. The average molecular weight is 262 g/mol. The molecule has 0 aromatic heterocycles. The van der Waals surface area contributed by atoms with Crippen LogP contribution >= 0.6 is 0 Å². The number of rotatable bonds is 4. The molecule has 0 aliphatic heterocycles. The van der Waals surface area contributed by atoms with Crippen molar-refractivity contribution >= 4 is 0 Å². The van der Waals surface area contributed by atoms with Gasteiger partial charge in [-0.25, -0.2) is 0 Å². The van der Waals surface area contributed by atoms with Crippen LogP contribution in [0.25, 0.3) is 0 Å². The fourth-order valence-corrected chi connectivity index (χ4v) is 1.64. The van der Waals surface area contributed by atoms with Gasteiger partial charge in [-0.2, -0.15) is 0 Å². The van der Waals surface area contributed by atoms with Crippen molar-refractivity contribution in [1.82, 2.24) is 0 Å². The minimum absolute atomic E-state index is 0.342. The Morgan fingerprint density at radius 1 is 1.11 bits per heavy atom. The molecular weight excluding hydrogens is 252 g/mol. The van der Waals surface area contributed by atoms with Crippen LogP contribution < -0.4 is 4.74 Å². The molecule has 0 spiro atoms. The lowest BCUT2D eigenvalue weighted by Gasteiger charge is -2.16. The van der Waals surface area contributed by atoms with E-state index in [1.165, 1.54) is 12.2 Å². The summed E-state index contributed by atoms with van der Waals surface area (Å²) < 4.78 is 5.44. The van der Waals surface area contributed by atoms with Gasteiger partial charge in [-0.15, -0.1) is 0 Å². The molecule has 0 saturated heterocycles. The molecule has 1 aliphatic rings. The zero-order chi connectivity index (χ0) is 13.9. The van der Waals surface area contributed by atoms with Crippen LogP contribution in [0.4, 0.5) is 0 Å². The second kappa shape index (κ2) is 4.89. The maximum Gasteiger partial charge on any atom is 0.481 e. The molecule has 1 aromatic rings. The average Bonchev–Trinajstić information content (AvgIpc) is 2.40. The maximum atomic E-state index is 10.8. The van der Waals surface area contributed by atoms with E-state index in [4.69, 9.17) is 4.74 Å². The van der Waals surface area contributed by atoms with Crippen LogP contribution in [0.15, 0.2) is 54.3 Å². The first-order chi connectivity index (χ1) is 9.04. The Kier molecular flexibility index (Phi) is 3.28. The fourth-order valence-electron chi connectivity index (χ4n) is 1.64. The second-order valence-electron chi connectivity index (χ2n) is 3.95. The Morgan fingerprint density at radius 3 is 2.21 bits per heavy atom. The highest BCUT2D eigenvalue weighted by Crippen LogP contribution is 2.26. The number of hydrogen-bond acceptors (Lipinski definition) is 5. The molecule has 0 bridgehead atoms. The van der Waals surface area contributed by atoms with E-state index in [1.807, 2.05) is 6.07 Å². The summed E-state index contributed by atoms with van der Waals surface area (Å²) in [5, 5.41) is 21.7. The molecule has 98 valence electrons. The number of nitrogens with zero attached hydrogens (tertiary/aromatic N) is 2. The molecule has 0 amide bonds. The van der Waals surface area contributed by atoms with Crippen molar-refractivity contribution in [3.63, 3.8) is 0 Å². The van der Waals surface area contributed by atoms with Crippen molar-refractivity contribution in [2.75, 3.05) is 0 Å². The Labute approximate surface area is 108 Å². The molecule has 0 radical (unpaired) electrons. The molecule has 0 heterocycles. The molecule has 0 N–H and O–H groups in total. The Hall–Kier alpha value is -2.70. The molecule has 19 heavy (non-hydrogen) atoms. The third-order valence-electron chi connectivity index (χ3n) is 2.73. The predicted molar refractivity (Wildman–Crippen MR) is 65.6 cm³/mol. The lowest BCUT2D eigenvalue weighted by Crippen LogP contribution is -2.45. The number of allylic oxidation sites excluding steroid dienone is 1. The van der Waals surface area contributed by atoms with Crippen LogP contribution in [0, 0.1) is 20.2 Å². The first-order valence-corrected chi connectivity index (χ1v) is 5.46. The third kappa shape index (κ3) is 2.44. The molecule has 7 heteroatoms. The summed E-state index contributed by atoms with van der Waals surface area (Å²) in [6, 6.07) is 8.82. The van der Waals surface area contributed by atoms with Gasteiger partial charge in [0.05, 0.1) is 6.08 Å². The van der Waals surface area contributed by atoms with Crippen molar-refractivity contribution in [1.29, 1.82) is 0 Å². The van der Waals surface area contributed by atoms with Crippen molar-refractivity contribution in [3.05, 3.63) is 74.5 Å². The van der Waals surface area contributed by atoms with E-state index >= 15 is 0 Å². The molecule has 0 fully saturated rings. The standard InChI is InChI=1S/C12H10N2O5/c15-13(16)12(14(17)18)8-6-11(7-9-12)19-10-4-2-1-3-5-10/h1-8H,9H2. The number of nitro groups is 2. The summed E-state index contributed by atoms with van der Waals surface area (Å²) in [5.74, 6) is 0.915. The Bertz CT molecular complexity index is 551. The smallest absolute Gasteiger partial charge is 0.458 e. The zero-order valence-corrected chi connectivity index (χ0v) is 9.76. The fraction of sp³-hybridized carbons (Fsp3) is 0.167. The number of hydrogen-bond donors (Lipinski definition) is 0. The number of benzene rings is 1. The quantitative estimate of drug-likeness (QED) is 0.470. The number of para-hydroxylation sites is 1. The third-order valence-corrected chi connectivity index (χ3v) is 2.73. The highest BCUT2D eigenvalue weighted by atomic mass is 16.7. The molecule has 0 saturated carbocycles. The molecule has 0 unspecified atom stereocenters. The van der Waals surface area contributed by atoms with E-state index in [1.54, 1.807) is 24.3 Å². The van der Waals surface area contributed by atoms with Crippen LogP contribution in [0.3, 0.4) is 0 Å². The zero-order valence-electron chi connectivity index (χ0n) is 9.76. The van der Waals surface area contributed by atoms with Gasteiger partial charge in [-0.05, 0) is 24.3 Å². The van der Waals surface area contributed by atoms with Crippen molar-refractivity contribution in [3.8, 4) is 5.75 Å². The van der Waals surface area contributed by atoms with Gasteiger partial charge in [0.1, 0.15) is 27.8 Å². The van der Waals surface area contributed by atoms with Gasteiger partial charge in [0.25, 0.3) is 0 Å². The van der Waals surface area contributed by atoms with E-state index in [0.717, 1.165) is 6.08 Å². The van der Waals surface area contributed by atoms with Crippen molar-refractivity contribution < 1.29 is 14.6 Å². The van der Waals surface area contributed by atoms with Crippen molar-refractivity contribution in [2.45, 2.75) is 12.1 Å². The molecule has 1 aliphatic carbocycles. The van der Waals surface area contributed by atoms with Gasteiger partial charge in [0.15, 0.2) is 0 Å². The van der Waals surface area contributed by atoms with Crippen LogP contribution in [-0.4, -0.2) is 15.5 Å². The van der Waals surface area contributed by atoms with Gasteiger partial charge >= 0.3 is 5.66 Å². The summed E-state index contributed by atoms with van der Waals surface area (Å²) >= 11 is 0. The van der Waals surface area contributed by atoms with Gasteiger partial charge < -0.3 is 4.74 Å². The van der Waals surface area contributed by atoms with E-state index < -0.39 is 15.5 Å². The summed E-state index contributed by atoms with van der Waals surface area (Å²) in [4.78, 5) is 19.8. The lowest BCUT2D eigenvalue weighted by molar-refractivity contribution is -0.780. The SMILES string of the molecule is O=[N+]([O-])C1([N+](=O)[O-])C=CC(Oc2ccccc2)=CC1. The summed E-state index contributed by atoms with van der Waals surface area (Å²) in [7, 11) is 0. The number of ether oxygens (including phenoxy) is 1. The van der Waals surface area contributed by atoms with Crippen molar-refractivity contribution in [2.24, 2.45) is 0 Å². The molecule has 7 nitrogen and oxygen atoms in total. The second-order valence-corrected chi connectivity index (χ2v) is 3.95. The van der Waals surface area contributed by atoms with Crippen LogP contribution in [0.1, 0.15) is 6.42 Å². The minimum Gasteiger partial charge on any atom is -0.458 e. The predicted octanol–water partition coefficient (Wildman–Crippen LogP) is 2.16. The minimum atomic E-state index is -2.29.